The second-order valence-electron chi connectivity index (χ2n) is 4.70. The maximum absolute atomic E-state index is 5.88. The molecular weight excluding hydrogens is 303 g/mol. The maximum Gasteiger partial charge on any atom is 0.175 e. The molecule has 0 bridgehead atoms. The van der Waals surface area contributed by atoms with E-state index in [4.69, 9.17) is 23.3 Å². The van der Waals surface area contributed by atoms with Crippen LogP contribution in [0, 0.1) is 0 Å². The highest BCUT2D eigenvalue weighted by Gasteiger charge is 2.12. The standard InChI is InChI=1S/C16H27O5P/c1-17-10-4-12-20-22(21-13-5-11-18-2)14-15-6-8-16(19-3)9-7-15/h6-9H,4-5,10-14H2,1-3H3. The fourth-order valence-electron chi connectivity index (χ4n) is 1.75. The van der Waals surface area contributed by atoms with Crippen molar-refractivity contribution in [2.24, 2.45) is 0 Å². The minimum Gasteiger partial charge on any atom is -0.497 e. The van der Waals surface area contributed by atoms with Crippen molar-refractivity contribution in [2.75, 3.05) is 47.8 Å². The zero-order valence-electron chi connectivity index (χ0n) is 13.7. The summed E-state index contributed by atoms with van der Waals surface area (Å²) in [5, 5.41) is 0. The number of methoxy groups -OCH3 is 3. The number of rotatable bonds is 13. The Morgan fingerprint density at radius 2 is 1.32 bits per heavy atom. The predicted molar refractivity (Wildman–Crippen MR) is 88.5 cm³/mol. The zero-order chi connectivity index (χ0) is 16.0. The first-order chi connectivity index (χ1) is 10.8. The highest BCUT2D eigenvalue weighted by atomic mass is 31.2. The molecule has 0 fully saturated rings. The number of benzene rings is 1. The van der Waals surface area contributed by atoms with Crippen LogP contribution in [0.4, 0.5) is 0 Å². The number of hydrogen-bond acceptors (Lipinski definition) is 5. The Hall–Kier alpha value is -0.710. The lowest BCUT2D eigenvalue weighted by Gasteiger charge is -2.18. The van der Waals surface area contributed by atoms with E-state index in [1.165, 1.54) is 5.56 Å². The second kappa shape index (κ2) is 12.8. The molecule has 0 unspecified atom stereocenters. The average Bonchev–Trinajstić information content (AvgIpc) is 2.56. The van der Waals surface area contributed by atoms with Crippen LogP contribution in [-0.4, -0.2) is 47.8 Å². The van der Waals surface area contributed by atoms with Crippen LogP contribution in [0.25, 0.3) is 0 Å². The lowest BCUT2D eigenvalue weighted by molar-refractivity contribution is 0.156. The molecule has 22 heavy (non-hydrogen) atoms. The third-order valence-corrected chi connectivity index (χ3v) is 4.49. The van der Waals surface area contributed by atoms with E-state index in [-0.39, 0.29) is 0 Å². The van der Waals surface area contributed by atoms with Crippen LogP contribution >= 0.6 is 8.38 Å². The van der Waals surface area contributed by atoms with Crippen molar-refractivity contribution in [3.63, 3.8) is 0 Å². The van der Waals surface area contributed by atoms with Crippen molar-refractivity contribution in [1.82, 2.24) is 0 Å². The van der Waals surface area contributed by atoms with Gasteiger partial charge in [0.1, 0.15) is 5.75 Å². The van der Waals surface area contributed by atoms with Crippen LogP contribution in [-0.2, 0) is 24.7 Å². The van der Waals surface area contributed by atoms with Crippen molar-refractivity contribution in [3.8, 4) is 5.75 Å². The Kier molecular flexibility index (Phi) is 11.2. The van der Waals surface area contributed by atoms with E-state index in [0.29, 0.717) is 26.4 Å². The molecule has 0 aromatic heterocycles. The summed E-state index contributed by atoms with van der Waals surface area (Å²) in [6.45, 7) is 2.71. The molecule has 1 rings (SSSR count). The van der Waals surface area contributed by atoms with Gasteiger partial charge in [-0.25, -0.2) is 0 Å². The highest BCUT2D eigenvalue weighted by Crippen LogP contribution is 2.42. The Morgan fingerprint density at radius 3 is 1.77 bits per heavy atom. The molecule has 0 saturated heterocycles. The molecule has 0 aliphatic carbocycles. The summed E-state index contributed by atoms with van der Waals surface area (Å²) in [5.74, 6) is 0.857. The summed E-state index contributed by atoms with van der Waals surface area (Å²) in [4.78, 5) is 0. The highest BCUT2D eigenvalue weighted by molar-refractivity contribution is 7.46. The van der Waals surface area contributed by atoms with E-state index in [1.54, 1.807) is 21.3 Å². The van der Waals surface area contributed by atoms with Gasteiger partial charge in [-0.15, -0.1) is 0 Å². The summed E-state index contributed by atoms with van der Waals surface area (Å²) < 4.78 is 27.0. The van der Waals surface area contributed by atoms with Gasteiger partial charge in [0, 0.05) is 33.6 Å². The van der Waals surface area contributed by atoms with Gasteiger partial charge < -0.3 is 23.3 Å². The van der Waals surface area contributed by atoms with Gasteiger partial charge in [-0.05, 0) is 30.5 Å². The van der Waals surface area contributed by atoms with E-state index in [1.807, 2.05) is 24.3 Å². The van der Waals surface area contributed by atoms with Gasteiger partial charge in [-0.1, -0.05) is 12.1 Å². The molecule has 6 heteroatoms. The molecule has 0 N–H and O–H groups in total. The summed E-state index contributed by atoms with van der Waals surface area (Å²) in [6.07, 6.45) is 2.53. The molecule has 1 aromatic rings. The van der Waals surface area contributed by atoms with Gasteiger partial charge in [-0.2, -0.15) is 0 Å². The smallest absolute Gasteiger partial charge is 0.175 e. The van der Waals surface area contributed by atoms with Gasteiger partial charge in [0.2, 0.25) is 0 Å². The Bertz CT molecular complexity index is 359. The zero-order valence-corrected chi connectivity index (χ0v) is 14.6. The third-order valence-electron chi connectivity index (χ3n) is 2.93. The normalized spacial score (nSPS) is 11.1. The van der Waals surface area contributed by atoms with Gasteiger partial charge in [-0.3, -0.25) is 0 Å². The predicted octanol–water partition coefficient (Wildman–Crippen LogP) is 3.61. The Labute approximate surface area is 134 Å². The summed E-state index contributed by atoms with van der Waals surface area (Å²) in [7, 11) is 4.12. The van der Waals surface area contributed by atoms with E-state index in [2.05, 4.69) is 0 Å². The van der Waals surface area contributed by atoms with Crippen molar-refractivity contribution in [1.29, 1.82) is 0 Å². The summed E-state index contributed by atoms with van der Waals surface area (Å²) in [6, 6.07) is 8.01. The molecule has 0 aliphatic rings. The van der Waals surface area contributed by atoms with Crippen LogP contribution < -0.4 is 4.74 Å². The van der Waals surface area contributed by atoms with E-state index < -0.39 is 8.38 Å². The topological polar surface area (TPSA) is 46.2 Å². The lowest BCUT2D eigenvalue weighted by atomic mass is 10.2. The quantitative estimate of drug-likeness (QED) is 0.408. The number of hydrogen-bond donors (Lipinski definition) is 0. The maximum atomic E-state index is 5.88. The van der Waals surface area contributed by atoms with Gasteiger partial charge in [0.25, 0.3) is 0 Å². The van der Waals surface area contributed by atoms with Gasteiger partial charge in [0.05, 0.1) is 20.3 Å². The average molecular weight is 330 g/mol. The first-order valence-corrected chi connectivity index (χ1v) is 8.80. The first-order valence-electron chi connectivity index (χ1n) is 7.44. The minimum absolute atomic E-state index is 0.653. The fraction of sp³-hybridized carbons (Fsp3) is 0.625. The monoisotopic (exact) mass is 330 g/mol. The van der Waals surface area contributed by atoms with Gasteiger partial charge >= 0.3 is 0 Å². The molecule has 0 radical (unpaired) electrons. The fourth-order valence-corrected chi connectivity index (χ4v) is 3.18. The van der Waals surface area contributed by atoms with E-state index in [0.717, 1.165) is 24.8 Å². The van der Waals surface area contributed by atoms with Crippen molar-refractivity contribution in [3.05, 3.63) is 29.8 Å². The SMILES string of the molecule is COCCCOP(Cc1ccc(OC)cc1)OCCCOC. The van der Waals surface area contributed by atoms with E-state index >= 15 is 0 Å². The molecular formula is C16H27O5P. The van der Waals surface area contributed by atoms with E-state index in [9.17, 15) is 0 Å². The van der Waals surface area contributed by atoms with Crippen molar-refractivity contribution >= 4 is 8.38 Å². The molecule has 0 aliphatic heterocycles. The Balaban J connectivity index is 2.43. The van der Waals surface area contributed by atoms with Gasteiger partial charge in [0.15, 0.2) is 8.38 Å². The van der Waals surface area contributed by atoms with Crippen molar-refractivity contribution < 1.29 is 23.3 Å². The first kappa shape index (κ1) is 19.3. The second-order valence-corrected chi connectivity index (χ2v) is 6.20. The Morgan fingerprint density at radius 1 is 0.773 bits per heavy atom. The summed E-state index contributed by atoms with van der Waals surface area (Å²) >= 11 is 0. The van der Waals surface area contributed by atoms with Crippen LogP contribution in [0.2, 0.25) is 0 Å². The van der Waals surface area contributed by atoms with Crippen LogP contribution in [0.1, 0.15) is 18.4 Å². The molecule has 5 nitrogen and oxygen atoms in total. The largest absolute Gasteiger partial charge is 0.497 e. The van der Waals surface area contributed by atoms with Crippen molar-refractivity contribution in [2.45, 2.75) is 19.0 Å². The molecule has 0 atom stereocenters. The molecule has 0 spiro atoms. The minimum atomic E-state index is -0.936. The molecule has 0 heterocycles. The third kappa shape index (κ3) is 8.66. The van der Waals surface area contributed by atoms with Crippen LogP contribution in [0.3, 0.4) is 0 Å². The van der Waals surface area contributed by atoms with Crippen LogP contribution in [0.15, 0.2) is 24.3 Å². The molecule has 1 aromatic carbocycles. The van der Waals surface area contributed by atoms with Crippen LogP contribution in [0.5, 0.6) is 5.75 Å². The molecule has 0 saturated carbocycles. The lowest BCUT2D eigenvalue weighted by Crippen LogP contribution is -2.02. The molecule has 126 valence electrons. The summed E-state index contributed by atoms with van der Waals surface area (Å²) in [5.41, 5.74) is 1.19. The number of ether oxygens (including phenoxy) is 3. The molecule has 0 amide bonds.